The summed E-state index contributed by atoms with van der Waals surface area (Å²) in [4.78, 5) is 4.28. The molecule has 19 heavy (non-hydrogen) atoms. The first-order valence-corrected chi connectivity index (χ1v) is 7.43. The van der Waals surface area contributed by atoms with Crippen molar-refractivity contribution in [2.24, 2.45) is 0 Å². The summed E-state index contributed by atoms with van der Waals surface area (Å²) in [6.45, 7) is 3.63. The van der Waals surface area contributed by atoms with E-state index in [1.165, 1.54) is 3.57 Å². The Bertz CT molecular complexity index is 514. The highest BCUT2D eigenvalue weighted by Gasteiger charge is 1.99. The molecule has 0 saturated heterocycles. The van der Waals surface area contributed by atoms with Crippen LogP contribution in [-0.2, 0) is 6.61 Å². The smallest absolute Gasteiger partial charge is 0.126 e. The Labute approximate surface area is 127 Å². The third-order valence-corrected chi connectivity index (χ3v) is 3.32. The number of ether oxygens (including phenoxy) is 1. The van der Waals surface area contributed by atoms with Crippen molar-refractivity contribution in [2.45, 2.75) is 20.0 Å². The standard InChI is InChI=1S/C15H17IN2O/c1-2-8-17-15-10-12(7-9-18-15)11-19-14-5-3-13(16)4-6-14/h3-7,9-10H,2,8,11H2,1H3,(H,17,18). The molecule has 0 aliphatic heterocycles. The Balaban J connectivity index is 1.93. The van der Waals surface area contributed by atoms with E-state index in [0.29, 0.717) is 6.61 Å². The fourth-order valence-corrected chi connectivity index (χ4v) is 1.97. The Kier molecular flexibility index (Phi) is 5.44. The Morgan fingerprint density at radius 2 is 2.00 bits per heavy atom. The lowest BCUT2D eigenvalue weighted by atomic mass is 10.2. The van der Waals surface area contributed by atoms with Crippen LogP contribution in [0.1, 0.15) is 18.9 Å². The number of benzene rings is 1. The topological polar surface area (TPSA) is 34.1 Å². The van der Waals surface area contributed by atoms with Crippen molar-refractivity contribution in [1.29, 1.82) is 0 Å². The molecule has 1 aromatic carbocycles. The van der Waals surface area contributed by atoms with Crippen molar-refractivity contribution >= 4 is 28.4 Å². The van der Waals surface area contributed by atoms with Gasteiger partial charge in [0.05, 0.1) is 0 Å². The van der Waals surface area contributed by atoms with Crippen LogP contribution in [0.2, 0.25) is 0 Å². The van der Waals surface area contributed by atoms with Crippen molar-refractivity contribution in [2.75, 3.05) is 11.9 Å². The zero-order valence-corrected chi connectivity index (χ0v) is 13.1. The van der Waals surface area contributed by atoms with E-state index in [1.54, 1.807) is 0 Å². The van der Waals surface area contributed by atoms with Crippen LogP contribution in [0.3, 0.4) is 0 Å². The number of nitrogens with one attached hydrogen (secondary N) is 1. The van der Waals surface area contributed by atoms with Gasteiger partial charge in [-0.05, 0) is 71.0 Å². The largest absolute Gasteiger partial charge is 0.489 e. The van der Waals surface area contributed by atoms with Gasteiger partial charge >= 0.3 is 0 Å². The number of halogens is 1. The third-order valence-electron chi connectivity index (χ3n) is 2.60. The molecule has 1 heterocycles. The molecule has 0 amide bonds. The molecule has 0 radical (unpaired) electrons. The maximum Gasteiger partial charge on any atom is 0.126 e. The lowest BCUT2D eigenvalue weighted by Crippen LogP contribution is -2.03. The van der Waals surface area contributed by atoms with Crippen molar-refractivity contribution < 1.29 is 4.74 Å². The molecule has 3 nitrogen and oxygen atoms in total. The minimum atomic E-state index is 0.559. The van der Waals surface area contributed by atoms with E-state index >= 15 is 0 Å². The van der Waals surface area contributed by atoms with Crippen LogP contribution in [0.4, 0.5) is 5.82 Å². The van der Waals surface area contributed by atoms with Crippen molar-refractivity contribution in [3.05, 3.63) is 51.7 Å². The summed E-state index contributed by atoms with van der Waals surface area (Å²) in [6.07, 6.45) is 2.90. The van der Waals surface area contributed by atoms with Crippen LogP contribution < -0.4 is 10.1 Å². The van der Waals surface area contributed by atoms with Crippen LogP contribution in [0.15, 0.2) is 42.6 Å². The first kappa shape index (κ1) is 14.1. The Morgan fingerprint density at radius 1 is 1.21 bits per heavy atom. The molecule has 0 aliphatic rings. The molecular formula is C15H17IN2O. The van der Waals surface area contributed by atoms with E-state index in [4.69, 9.17) is 4.74 Å². The molecule has 4 heteroatoms. The van der Waals surface area contributed by atoms with Gasteiger partial charge in [0.2, 0.25) is 0 Å². The number of hydrogen-bond acceptors (Lipinski definition) is 3. The third kappa shape index (κ3) is 4.70. The van der Waals surface area contributed by atoms with Gasteiger partial charge in [0.15, 0.2) is 0 Å². The van der Waals surface area contributed by atoms with Gasteiger partial charge in [0.1, 0.15) is 18.2 Å². The maximum atomic E-state index is 5.75. The van der Waals surface area contributed by atoms with E-state index in [2.05, 4.69) is 39.8 Å². The summed E-state index contributed by atoms with van der Waals surface area (Å²) < 4.78 is 6.96. The fourth-order valence-electron chi connectivity index (χ4n) is 1.61. The summed E-state index contributed by atoms with van der Waals surface area (Å²) in [6, 6.07) is 12.1. The Morgan fingerprint density at radius 3 is 2.74 bits per heavy atom. The predicted octanol–water partition coefficient (Wildman–Crippen LogP) is 4.09. The molecule has 0 unspecified atom stereocenters. The van der Waals surface area contributed by atoms with Crippen molar-refractivity contribution in [1.82, 2.24) is 4.98 Å². The molecule has 1 aromatic heterocycles. The summed E-state index contributed by atoms with van der Waals surface area (Å²) in [5.41, 5.74) is 1.12. The van der Waals surface area contributed by atoms with Crippen LogP contribution in [-0.4, -0.2) is 11.5 Å². The molecule has 0 fully saturated rings. The highest BCUT2D eigenvalue weighted by molar-refractivity contribution is 14.1. The lowest BCUT2D eigenvalue weighted by Gasteiger charge is -2.08. The van der Waals surface area contributed by atoms with E-state index in [9.17, 15) is 0 Å². The molecule has 0 saturated carbocycles. The maximum absolute atomic E-state index is 5.75. The zero-order chi connectivity index (χ0) is 13.5. The number of aromatic nitrogens is 1. The molecule has 0 spiro atoms. The van der Waals surface area contributed by atoms with Gasteiger partial charge in [-0.15, -0.1) is 0 Å². The molecule has 0 atom stereocenters. The normalized spacial score (nSPS) is 10.2. The van der Waals surface area contributed by atoms with Gasteiger partial charge in [-0.3, -0.25) is 0 Å². The molecule has 0 aliphatic carbocycles. The summed E-state index contributed by atoms with van der Waals surface area (Å²) in [5, 5.41) is 3.27. The minimum Gasteiger partial charge on any atom is -0.489 e. The van der Waals surface area contributed by atoms with Gasteiger partial charge in [0, 0.05) is 16.3 Å². The van der Waals surface area contributed by atoms with Gasteiger partial charge in [-0.2, -0.15) is 0 Å². The van der Waals surface area contributed by atoms with Gasteiger partial charge < -0.3 is 10.1 Å². The van der Waals surface area contributed by atoms with Crippen LogP contribution in [0.25, 0.3) is 0 Å². The fraction of sp³-hybridized carbons (Fsp3) is 0.267. The predicted molar refractivity (Wildman–Crippen MR) is 86.5 cm³/mol. The first-order valence-electron chi connectivity index (χ1n) is 6.35. The van der Waals surface area contributed by atoms with Crippen molar-refractivity contribution in [3.63, 3.8) is 0 Å². The number of nitrogens with zero attached hydrogens (tertiary/aromatic N) is 1. The number of hydrogen-bond donors (Lipinski definition) is 1. The quantitative estimate of drug-likeness (QED) is 0.780. The number of anilines is 1. The summed E-state index contributed by atoms with van der Waals surface area (Å²) in [7, 11) is 0. The molecular weight excluding hydrogens is 351 g/mol. The minimum absolute atomic E-state index is 0.559. The monoisotopic (exact) mass is 368 g/mol. The lowest BCUT2D eigenvalue weighted by molar-refractivity contribution is 0.306. The van der Waals surface area contributed by atoms with Gasteiger partial charge in [-0.25, -0.2) is 4.98 Å². The van der Waals surface area contributed by atoms with E-state index in [-0.39, 0.29) is 0 Å². The SMILES string of the molecule is CCCNc1cc(COc2ccc(I)cc2)ccn1. The molecule has 2 rings (SSSR count). The van der Waals surface area contributed by atoms with Crippen LogP contribution >= 0.6 is 22.6 Å². The number of rotatable bonds is 6. The van der Waals surface area contributed by atoms with Crippen LogP contribution in [0.5, 0.6) is 5.75 Å². The number of pyridine rings is 1. The van der Waals surface area contributed by atoms with E-state index < -0.39 is 0 Å². The van der Waals surface area contributed by atoms with Crippen LogP contribution in [0, 0.1) is 3.57 Å². The molecule has 100 valence electrons. The second kappa shape index (κ2) is 7.33. The zero-order valence-electron chi connectivity index (χ0n) is 10.9. The first-order chi connectivity index (χ1) is 9.28. The molecule has 0 bridgehead atoms. The molecule has 1 N–H and O–H groups in total. The average Bonchev–Trinajstić information content (AvgIpc) is 2.45. The van der Waals surface area contributed by atoms with Gasteiger partial charge in [-0.1, -0.05) is 6.92 Å². The average molecular weight is 368 g/mol. The van der Waals surface area contributed by atoms with E-state index in [0.717, 1.165) is 30.1 Å². The Hall–Kier alpha value is -1.30. The second-order valence-corrected chi connectivity index (χ2v) is 5.46. The highest BCUT2D eigenvalue weighted by atomic mass is 127. The van der Waals surface area contributed by atoms with Gasteiger partial charge in [0.25, 0.3) is 0 Å². The highest BCUT2D eigenvalue weighted by Crippen LogP contribution is 2.16. The van der Waals surface area contributed by atoms with E-state index in [1.807, 2.05) is 42.6 Å². The summed E-state index contributed by atoms with van der Waals surface area (Å²) >= 11 is 2.28. The second-order valence-electron chi connectivity index (χ2n) is 4.22. The molecule has 2 aromatic rings. The van der Waals surface area contributed by atoms with Crippen molar-refractivity contribution in [3.8, 4) is 5.75 Å². The summed E-state index contributed by atoms with van der Waals surface area (Å²) in [5.74, 6) is 1.80.